The van der Waals surface area contributed by atoms with E-state index in [-0.39, 0.29) is 29.7 Å². The summed E-state index contributed by atoms with van der Waals surface area (Å²) in [5.74, 6) is 0.0393. The zero-order chi connectivity index (χ0) is 25.5. The summed E-state index contributed by atoms with van der Waals surface area (Å²) in [5.41, 5.74) is -6.76. The lowest BCUT2D eigenvalue weighted by Gasteiger charge is -2.50. The molecule has 194 valence electrons. The van der Waals surface area contributed by atoms with Crippen molar-refractivity contribution >= 4 is 0 Å². The fraction of sp³-hybridized carbons (Fsp3) is 0.917. The summed E-state index contributed by atoms with van der Waals surface area (Å²) >= 11 is 0. The predicted octanol–water partition coefficient (Wildman–Crippen LogP) is 6.31. The molecule has 3 N–H and O–H groups in total. The lowest BCUT2D eigenvalue weighted by molar-refractivity contribution is -0.347. The topological polar surface area (TPSA) is 60.7 Å². The Bertz CT molecular complexity index is 682. The van der Waals surface area contributed by atoms with Gasteiger partial charge in [-0.05, 0) is 87.5 Å². The van der Waals surface area contributed by atoms with Crippen LogP contribution in [0.3, 0.4) is 0 Å². The van der Waals surface area contributed by atoms with Crippen LogP contribution < -0.4 is 0 Å². The zero-order valence-electron chi connectivity index (χ0n) is 19.9. The average molecular weight is 489 g/mol. The minimum atomic E-state index is -5.89. The number of aliphatic hydroxyl groups excluding tert-OH is 1. The standard InChI is InChI=1S/C24H38F6O3/c1-19(2,32)11-6-12-20(3,13-7-15-22(33,23(25,26)27)24(28,29)30)18-10-9-16-17(31)8-5-14-21(16,18)4/h7,15-18,31-33H,5-6,8-14H2,1-4H3/b15-7+/t16-,17-,18+,20+,21-/m0/s1. The van der Waals surface area contributed by atoms with Gasteiger partial charge in [-0.25, -0.2) is 0 Å². The quantitative estimate of drug-likeness (QED) is 0.277. The molecule has 0 saturated heterocycles. The maximum Gasteiger partial charge on any atom is 0.429 e. The van der Waals surface area contributed by atoms with Crippen molar-refractivity contribution in [2.45, 2.75) is 115 Å². The molecular weight excluding hydrogens is 450 g/mol. The van der Waals surface area contributed by atoms with Crippen LogP contribution in [0.5, 0.6) is 0 Å². The van der Waals surface area contributed by atoms with Crippen LogP contribution in [0.15, 0.2) is 12.2 Å². The summed E-state index contributed by atoms with van der Waals surface area (Å²) in [6.45, 7) is 7.27. The smallest absolute Gasteiger partial charge is 0.393 e. The summed E-state index contributed by atoms with van der Waals surface area (Å²) in [4.78, 5) is 0. The Balaban J connectivity index is 2.35. The highest BCUT2D eigenvalue weighted by molar-refractivity contribution is 5.13. The van der Waals surface area contributed by atoms with E-state index in [9.17, 15) is 41.7 Å². The Morgan fingerprint density at radius 2 is 1.48 bits per heavy atom. The first-order valence-electron chi connectivity index (χ1n) is 11.7. The number of halogens is 6. The molecular formula is C24H38F6O3. The molecule has 0 radical (unpaired) electrons. The molecule has 9 heteroatoms. The number of alkyl halides is 6. The lowest BCUT2D eigenvalue weighted by Crippen LogP contribution is -2.55. The first-order valence-corrected chi connectivity index (χ1v) is 11.7. The summed E-state index contributed by atoms with van der Waals surface area (Å²) < 4.78 is 78.6. The predicted molar refractivity (Wildman–Crippen MR) is 113 cm³/mol. The van der Waals surface area contributed by atoms with Gasteiger partial charge in [-0.2, -0.15) is 26.3 Å². The first kappa shape index (κ1) is 28.4. The second kappa shape index (κ2) is 9.34. The fourth-order valence-corrected chi connectivity index (χ4v) is 6.49. The maximum atomic E-state index is 13.1. The third-order valence-corrected chi connectivity index (χ3v) is 8.27. The van der Waals surface area contributed by atoms with E-state index >= 15 is 0 Å². The van der Waals surface area contributed by atoms with Gasteiger partial charge < -0.3 is 15.3 Å². The largest absolute Gasteiger partial charge is 0.429 e. The van der Waals surface area contributed by atoms with Gasteiger partial charge in [0, 0.05) is 0 Å². The molecule has 2 rings (SSSR count). The highest BCUT2D eigenvalue weighted by atomic mass is 19.4. The van der Waals surface area contributed by atoms with Crippen LogP contribution in [-0.2, 0) is 0 Å². The fourth-order valence-electron chi connectivity index (χ4n) is 6.49. The van der Waals surface area contributed by atoms with Crippen molar-refractivity contribution in [3.63, 3.8) is 0 Å². The van der Waals surface area contributed by atoms with Gasteiger partial charge in [0.1, 0.15) is 0 Å². The number of hydrogen-bond acceptors (Lipinski definition) is 3. The van der Waals surface area contributed by atoms with Gasteiger partial charge in [-0.15, -0.1) is 0 Å². The van der Waals surface area contributed by atoms with Crippen molar-refractivity contribution in [3.8, 4) is 0 Å². The third-order valence-electron chi connectivity index (χ3n) is 8.27. The third kappa shape index (κ3) is 5.89. The van der Waals surface area contributed by atoms with Gasteiger partial charge in [-0.3, -0.25) is 0 Å². The molecule has 0 amide bonds. The molecule has 0 unspecified atom stereocenters. The molecule has 0 aromatic rings. The average Bonchev–Trinajstić information content (AvgIpc) is 2.97. The number of aliphatic hydroxyl groups is 3. The summed E-state index contributed by atoms with van der Waals surface area (Å²) in [6.07, 6.45) is -6.29. The molecule has 0 aromatic heterocycles. The van der Waals surface area contributed by atoms with Crippen LogP contribution in [0.2, 0.25) is 0 Å². The van der Waals surface area contributed by atoms with E-state index in [0.29, 0.717) is 25.7 Å². The number of rotatable bonds is 8. The minimum absolute atomic E-state index is 0.0127. The molecule has 2 aliphatic carbocycles. The Labute approximate surface area is 192 Å². The van der Waals surface area contributed by atoms with Crippen molar-refractivity contribution in [1.29, 1.82) is 0 Å². The Kier molecular flexibility index (Phi) is 8.05. The Morgan fingerprint density at radius 3 is 2.00 bits per heavy atom. The van der Waals surface area contributed by atoms with Crippen LogP contribution in [0.25, 0.3) is 0 Å². The van der Waals surface area contributed by atoms with E-state index in [4.69, 9.17) is 0 Å². The van der Waals surface area contributed by atoms with Gasteiger partial charge in [0.05, 0.1) is 11.7 Å². The van der Waals surface area contributed by atoms with Crippen molar-refractivity contribution in [1.82, 2.24) is 0 Å². The number of hydrogen-bond donors (Lipinski definition) is 3. The summed E-state index contributed by atoms with van der Waals surface area (Å²) in [5, 5.41) is 30.1. The molecule has 33 heavy (non-hydrogen) atoms. The highest BCUT2D eigenvalue weighted by Gasteiger charge is 2.69. The summed E-state index contributed by atoms with van der Waals surface area (Å²) in [6, 6.07) is 0. The van der Waals surface area contributed by atoms with Gasteiger partial charge in [0.15, 0.2) is 0 Å². The van der Waals surface area contributed by atoms with Crippen molar-refractivity contribution < 1.29 is 41.7 Å². The highest BCUT2D eigenvalue weighted by Crippen LogP contribution is 2.62. The van der Waals surface area contributed by atoms with E-state index in [1.165, 1.54) is 0 Å². The van der Waals surface area contributed by atoms with Crippen molar-refractivity contribution in [3.05, 3.63) is 12.2 Å². The van der Waals surface area contributed by atoms with Gasteiger partial charge in [0.25, 0.3) is 5.60 Å². The summed E-state index contributed by atoms with van der Waals surface area (Å²) in [7, 11) is 0. The second-order valence-corrected chi connectivity index (χ2v) is 11.4. The molecule has 2 fully saturated rings. The molecule has 2 saturated carbocycles. The van der Waals surface area contributed by atoms with Crippen LogP contribution in [0, 0.1) is 22.7 Å². The van der Waals surface area contributed by atoms with Gasteiger partial charge in [-0.1, -0.05) is 32.8 Å². The SMILES string of the molecule is CC(C)(O)CCC[C@](C)(C/C=C/C(O)(C(F)(F)F)C(F)(F)F)[C@H]1CC[C@H]2[C@@H](O)CCC[C@]12C. The van der Waals surface area contributed by atoms with Crippen LogP contribution in [-0.4, -0.2) is 45.0 Å². The number of fused-ring (bicyclic) bond motifs is 1. The van der Waals surface area contributed by atoms with E-state index < -0.39 is 35.1 Å². The Hall–Kier alpha value is -0.800. The molecule has 3 nitrogen and oxygen atoms in total. The van der Waals surface area contributed by atoms with E-state index in [1.807, 2.05) is 6.92 Å². The van der Waals surface area contributed by atoms with E-state index in [0.717, 1.165) is 31.8 Å². The first-order chi connectivity index (χ1) is 14.8. The molecule has 2 aliphatic rings. The van der Waals surface area contributed by atoms with E-state index in [2.05, 4.69) is 6.92 Å². The minimum Gasteiger partial charge on any atom is -0.393 e. The zero-order valence-corrected chi connectivity index (χ0v) is 19.9. The molecule has 0 aliphatic heterocycles. The number of allylic oxidation sites excluding steroid dienone is 1. The monoisotopic (exact) mass is 488 g/mol. The maximum absolute atomic E-state index is 13.1. The van der Waals surface area contributed by atoms with Crippen molar-refractivity contribution in [2.75, 3.05) is 0 Å². The molecule has 0 heterocycles. The molecule has 0 aromatic carbocycles. The normalized spacial score (nSPS) is 31.6. The molecule has 0 bridgehead atoms. The Morgan fingerprint density at radius 1 is 0.909 bits per heavy atom. The van der Waals surface area contributed by atoms with Crippen LogP contribution in [0.4, 0.5) is 26.3 Å². The van der Waals surface area contributed by atoms with Gasteiger partial charge >= 0.3 is 12.4 Å². The van der Waals surface area contributed by atoms with Gasteiger partial charge in [0.2, 0.25) is 0 Å². The lowest BCUT2D eigenvalue weighted by atomic mass is 9.56. The van der Waals surface area contributed by atoms with Crippen molar-refractivity contribution in [2.24, 2.45) is 22.7 Å². The van der Waals surface area contributed by atoms with Crippen LogP contribution >= 0.6 is 0 Å². The second-order valence-electron chi connectivity index (χ2n) is 11.4. The molecule has 5 atom stereocenters. The van der Waals surface area contributed by atoms with E-state index in [1.54, 1.807) is 13.8 Å². The molecule has 0 spiro atoms. The van der Waals surface area contributed by atoms with Crippen LogP contribution in [0.1, 0.15) is 85.5 Å².